The van der Waals surface area contributed by atoms with Crippen LogP contribution in [0.25, 0.3) is 0 Å². The van der Waals surface area contributed by atoms with E-state index in [0.29, 0.717) is 12.8 Å². The largest absolute Gasteiger partial charge is 0.462 e. The number of esters is 1. The highest BCUT2D eigenvalue weighted by Gasteiger charge is 2.28. The molecule has 68 valence electrons. The number of carbonyl (C=O) groups is 2. The van der Waals surface area contributed by atoms with Gasteiger partial charge in [0.15, 0.2) is 5.78 Å². The quantitative estimate of drug-likeness (QED) is 0.567. The lowest BCUT2D eigenvalue weighted by molar-refractivity contribution is -0.152. The van der Waals surface area contributed by atoms with Crippen LogP contribution in [0.4, 0.5) is 0 Å². The molecule has 0 spiro atoms. The van der Waals surface area contributed by atoms with Gasteiger partial charge in [0, 0.05) is 19.8 Å². The van der Waals surface area contributed by atoms with Crippen molar-refractivity contribution in [2.45, 2.75) is 38.4 Å². The Morgan fingerprint density at radius 3 is 2.83 bits per heavy atom. The lowest BCUT2D eigenvalue weighted by Crippen LogP contribution is -2.34. The Labute approximate surface area is 70.5 Å². The van der Waals surface area contributed by atoms with Crippen molar-refractivity contribution in [2.75, 3.05) is 0 Å². The fourth-order valence-electron chi connectivity index (χ4n) is 1.31. The first-order chi connectivity index (χ1) is 5.59. The van der Waals surface area contributed by atoms with Crippen molar-refractivity contribution in [3.05, 3.63) is 0 Å². The van der Waals surface area contributed by atoms with Crippen LogP contribution < -0.4 is 0 Å². The molecule has 4 nitrogen and oxygen atoms in total. The molecule has 12 heavy (non-hydrogen) atoms. The number of aliphatic hydroxyl groups is 1. The first-order valence-electron chi connectivity index (χ1n) is 3.97. The van der Waals surface area contributed by atoms with E-state index >= 15 is 0 Å². The van der Waals surface area contributed by atoms with Gasteiger partial charge in [-0.1, -0.05) is 0 Å². The average molecular weight is 172 g/mol. The Kier molecular flexibility index (Phi) is 2.81. The molecule has 0 aromatic carbocycles. The monoisotopic (exact) mass is 172 g/mol. The van der Waals surface area contributed by atoms with Crippen LogP contribution in [0.5, 0.6) is 0 Å². The van der Waals surface area contributed by atoms with E-state index in [2.05, 4.69) is 0 Å². The Balaban J connectivity index is 2.40. The first-order valence-corrected chi connectivity index (χ1v) is 3.97. The third-order valence-corrected chi connectivity index (χ3v) is 1.90. The molecule has 0 saturated heterocycles. The molecule has 1 aliphatic carbocycles. The zero-order valence-corrected chi connectivity index (χ0v) is 6.95. The Morgan fingerprint density at radius 1 is 1.67 bits per heavy atom. The van der Waals surface area contributed by atoms with Crippen molar-refractivity contribution < 1.29 is 19.4 Å². The summed E-state index contributed by atoms with van der Waals surface area (Å²) in [5, 5.41) is 9.12. The van der Waals surface area contributed by atoms with Crippen molar-refractivity contribution in [1.29, 1.82) is 0 Å². The molecule has 1 fully saturated rings. The fraction of sp³-hybridized carbons (Fsp3) is 0.750. The van der Waals surface area contributed by atoms with Crippen LogP contribution in [0.15, 0.2) is 0 Å². The van der Waals surface area contributed by atoms with E-state index in [0.717, 1.165) is 0 Å². The lowest BCUT2D eigenvalue weighted by Gasteiger charge is -2.24. The van der Waals surface area contributed by atoms with E-state index in [1.54, 1.807) is 0 Å². The van der Waals surface area contributed by atoms with Crippen LogP contribution in [0.3, 0.4) is 0 Å². The van der Waals surface area contributed by atoms with Gasteiger partial charge in [-0.25, -0.2) is 0 Å². The Bertz CT molecular complexity index is 199. The summed E-state index contributed by atoms with van der Waals surface area (Å²) in [5.41, 5.74) is 0. The molecule has 0 aromatic rings. The predicted octanol–water partition coefficient (Wildman–Crippen LogP) is 0.0320. The second-order valence-electron chi connectivity index (χ2n) is 2.99. The number of hydrogen-bond acceptors (Lipinski definition) is 4. The zero-order valence-electron chi connectivity index (χ0n) is 6.95. The molecule has 0 bridgehead atoms. The number of ether oxygens (including phenoxy) is 1. The summed E-state index contributed by atoms with van der Waals surface area (Å²) >= 11 is 0. The minimum absolute atomic E-state index is 0.154. The molecule has 2 atom stereocenters. The maximum absolute atomic E-state index is 10.8. The standard InChI is InChI=1S/C8H12O4/c1-5(9)12-6-2-3-7(10)8(11)4-6/h6,8,11H,2-4H2,1H3. The van der Waals surface area contributed by atoms with Gasteiger partial charge in [-0.2, -0.15) is 0 Å². The lowest BCUT2D eigenvalue weighted by atomic mass is 9.94. The smallest absolute Gasteiger partial charge is 0.302 e. The molecule has 0 heterocycles. The molecule has 2 unspecified atom stereocenters. The van der Waals surface area contributed by atoms with Gasteiger partial charge in [-0.3, -0.25) is 9.59 Å². The van der Waals surface area contributed by atoms with E-state index in [1.807, 2.05) is 0 Å². The van der Waals surface area contributed by atoms with Gasteiger partial charge in [0.2, 0.25) is 0 Å². The molecule has 0 radical (unpaired) electrons. The van der Waals surface area contributed by atoms with Gasteiger partial charge in [0.25, 0.3) is 0 Å². The molecule has 0 aromatic heterocycles. The predicted molar refractivity (Wildman–Crippen MR) is 40.4 cm³/mol. The first kappa shape index (κ1) is 9.19. The molecule has 0 aliphatic heterocycles. The summed E-state index contributed by atoms with van der Waals surface area (Å²) in [6, 6.07) is 0. The summed E-state index contributed by atoms with van der Waals surface area (Å²) in [6.45, 7) is 1.32. The van der Waals surface area contributed by atoms with Gasteiger partial charge in [-0.15, -0.1) is 0 Å². The summed E-state index contributed by atoms with van der Waals surface area (Å²) in [7, 11) is 0. The maximum Gasteiger partial charge on any atom is 0.302 e. The minimum atomic E-state index is -0.942. The molecule has 1 aliphatic rings. The summed E-state index contributed by atoms with van der Waals surface area (Å²) < 4.78 is 4.86. The highest BCUT2D eigenvalue weighted by atomic mass is 16.5. The van der Waals surface area contributed by atoms with Crippen molar-refractivity contribution in [2.24, 2.45) is 0 Å². The third kappa shape index (κ3) is 2.30. The zero-order chi connectivity index (χ0) is 9.14. The third-order valence-electron chi connectivity index (χ3n) is 1.90. The summed E-state index contributed by atoms with van der Waals surface area (Å²) in [5.74, 6) is -0.514. The van der Waals surface area contributed by atoms with Gasteiger partial charge < -0.3 is 9.84 Å². The normalized spacial score (nSPS) is 30.0. The second kappa shape index (κ2) is 3.67. The van der Waals surface area contributed by atoms with Crippen LogP contribution in [-0.4, -0.2) is 29.1 Å². The van der Waals surface area contributed by atoms with E-state index < -0.39 is 6.10 Å². The molecule has 1 saturated carbocycles. The number of carbonyl (C=O) groups excluding carboxylic acids is 2. The minimum Gasteiger partial charge on any atom is -0.462 e. The van der Waals surface area contributed by atoms with Crippen LogP contribution in [0.2, 0.25) is 0 Å². The van der Waals surface area contributed by atoms with Gasteiger partial charge in [-0.05, 0) is 6.42 Å². The van der Waals surface area contributed by atoms with Crippen molar-refractivity contribution in [3.8, 4) is 0 Å². The van der Waals surface area contributed by atoms with E-state index in [-0.39, 0.29) is 24.3 Å². The Morgan fingerprint density at radius 2 is 2.33 bits per heavy atom. The number of aliphatic hydroxyl groups excluding tert-OH is 1. The average Bonchev–Trinajstić information content (AvgIpc) is 1.96. The van der Waals surface area contributed by atoms with Crippen LogP contribution >= 0.6 is 0 Å². The number of Topliss-reactive ketones (excluding diaryl/α,β-unsaturated/α-hetero) is 1. The van der Waals surface area contributed by atoms with E-state index in [9.17, 15) is 9.59 Å². The number of ketones is 1. The van der Waals surface area contributed by atoms with Crippen molar-refractivity contribution in [3.63, 3.8) is 0 Å². The van der Waals surface area contributed by atoms with Crippen molar-refractivity contribution in [1.82, 2.24) is 0 Å². The van der Waals surface area contributed by atoms with Crippen LogP contribution in [-0.2, 0) is 14.3 Å². The fourth-order valence-corrected chi connectivity index (χ4v) is 1.31. The van der Waals surface area contributed by atoms with E-state index in [1.165, 1.54) is 6.92 Å². The molecular weight excluding hydrogens is 160 g/mol. The summed E-state index contributed by atoms with van der Waals surface area (Å²) in [6.07, 6.45) is -0.134. The Hall–Kier alpha value is -0.900. The molecule has 4 heteroatoms. The van der Waals surface area contributed by atoms with Gasteiger partial charge in [0.05, 0.1) is 0 Å². The van der Waals surface area contributed by atoms with Gasteiger partial charge in [0.1, 0.15) is 12.2 Å². The number of rotatable bonds is 1. The molecule has 1 rings (SSSR count). The van der Waals surface area contributed by atoms with Crippen LogP contribution in [0, 0.1) is 0 Å². The molecular formula is C8H12O4. The van der Waals surface area contributed by atoms with Crippen LogP contribution in [0.1, 0.15) is 26.2 Å². The topological polar surface area (TPSA) is 63.6 Å². The number of hydrogen-bond donors (Lipinski definition) is 1. The summed E-state index contributed by atoms with van der Waals surface area (Å²) in [4.78, 5) is 21.3. The highest BCUT2D eigenvalue weighted by Crippen LogP contribution is 2.18. The maximum atomic E-state index is 10.8. The second-order valence-corrected chi connectivity index (χ2v) is 2.99. The van der Waals surface area contributed by atoms with Crippen molar-refractivity contribution >= 4 is 11.8 Å². The van der Waals surface area contributed by atoms with Gasteiger partial charge >= 0.3 is 5.97 Å². The molecule has 1 N–H and O–H groups in total. The van der Waals surface area contributed by atoms with E-state index in [4.69, 9.17) is 9.84 Å². The highest BCUT2D eigenvalue weighted by molar-refractivity contribution is 5.83. The SMILES string of the molecule is CC(=O)OC1CCC(=O)C(O)C1. The molecule has 0 amide bonds.